The van der Waals surface area contributed by atoms with Gasteiger partial charge in [-0.05, 0) is 36.8 Å². The van der Waals surface area contributed by atoms with Crippen LogP contribution in [0.3, 0.4) is 0 Å². The number of hydrogen-bond donors (Lipinski definition) is 1. The van der Waals surface area contributed by atoms with Crippen LogP contribution in [0.25, 0.3) is 0 Å². The first-order valence-corrected chi connectivity index (χ1v) is 11.4. The molecule has 0 bridgehead atoms. The van der Waals surface area contributed by atoms with Crippen LogP contribution >= 0.6 is 11.3 Å². The van der Waals surface area contributed by atoms with Crippen LogP contribution in [0.1, 0.15) is 27.9 Å². The van der Waals surface area contributed by atoms with Gasteiger partial charge in [0.1, 0.15) is 5.75 Å². The Labute approximate surface area is 169 Å². The minimum atomic E-state index is -3.27. The highest BCUT2D eigenvalue weighted by molar-refractivity contribution is 7.90. The van der Waals surface area contributed by atoms with Gasteiger partial charge in [0.2, 0.25) is 5.91 Å². The van der Waals surface area contributed by atoms with E-state index < -0.39 is 9.84 Å². The van der Waals surface area contributed by atoms with E-state index in [1.807, 2.05) is 6.07 Å². The summed E-state index contributed by atoms with van der Waals surface area (Å²) in [5.74, 6) is 0.288. The van der Waals surface area contributed by atoms with E-state index in [2.05, 4.69) is 5.32 Å². The first-order valence-electron chi connectivity index (χ1n) is 8.68. The molecule has 0 aliphatic heterocycles. The quantitative estimate of drug-likeness (QED) is 0.624. The zero-order valence-electron chi connectivity index (χ0n) is 16.1. The second-order valence-corrected chi connectivity index (χ2v) is 9.54. The van der Waals surface area contributed by atoms with Crippen molar-refractivity contribution in [3.05, 3.63) is 46.2 Å². The van der Waals surface area contributed by atoms with Crippen LogP contribution in [0.4, 0.5) is 0 Å². The number of benzene rings is 1. The van der Waals surface area contributed by atoms with Crippen molar-refractivity contribution in [2.75, 3.05) is 26.5 Å². The number of nitrogens with one attached hydrogen (secondary N) is 1. The summed E-state index contributed by atoms with van der Waals surface area (Å²) >= 11 is 1.36. The predicted molar refractivity (Wildman–Crippen MR) is 108 cm³/mol. The number of carbonyl (C=O) groups is 2. The second-order valence-electron chi connectivity index (χ2n) is 6.35. The molecular weight excluding hydrogens is 400 g/mol. The van der Waals surface area contributed by atoms with Crippen LogP contribution in [-0.4, -0.2) is 51.6 Å². The molecule has 28 heavy (non-hydrogen) atoms. The number of amides is 2. The van der Waals surface area contributed by atoms with Gasteiger partial charge >= 0.3 is 0 Å². The molecule has 1 aromatic carbocycles. The van der Waals surface area contributed by atoms with Gasteiger partial charge in [-0.25, -0.2) is 8.42 Å². The highest BCUT2D eigenvalue weighted by Crippen LogP contribution is 2.19. The summed E-state index contributed by atoms with van der Waals surface area (Å²) in [5.41, 5.74) is 0. The van der Waals surface area contributed by atoms with Crippen LogP contribution in [0.2, 0.25) is 0 Å². The second kappa shape index (κ2) is 9.70. The summed E-state index contributed by atoms with van der Waals surface area (Å²) < 4.78 is 28.7. The number of sulfone groups is 1. The van der Waals surface area contributed by atoms with E-state index in [0.717, 1.165) is 11.1 Å². The lowest BCUT2D eigenvalue weighted by atomic mass is 10.3. The zero-order valence-corrected chi connectivity index (χ0v) is 17.7. The van der Waals surface area contributed by atoms with Gasteiger partial charge in [-0.15, -0.1) is 11.3 Å². The SMILES string of the molecule is CC(=O)NCc1ccc(C(=O)N(C)CCCOc2cccc(S(C)(=O)=O)c2)s1. The first kappa shape index (κ1) is 21.9. The Morgan fingerprint density at radius 1 is 1.21 bits per heavy atom. The molecule has 0 unspecified atom stereocenters. The predicted octanol–water partition coefficient (Wildman–Crippen LogP) is 2.33. The van der Waals surface area contributed by atoms with Crippen LogP contribution < -0.4 is 10.1 Å². The molecule has 2 rings (SSSR count). The van der Waals surface area contributed by atoms with Crippen molar-refractivity contribution in [2.45, 2.75) is 24.8 Å². The Kier molecular flexibility index (Phi) is 7.59. The van der Waals surface area contributed by atoms with Crippen molar-refractivity contribution in [3.63, 3.8) is 0 Å². The Morgan fingerprint density at radius 2 is 1.96 bits per heavy atom. The number of ether oxygens (including phenoxy) is 1. The van der Waals surface area contributed by atoms with Gasteiger partial charge in [0.05, 0.1) is 22.9 Å². The number of thiophene rings is 1. The molecular formula is C19H24N2O5S2. The molecule has 0 atom stereocenters. The first-order chi connectivity index (χ1) is 13.2. The van der Waals surface area contributed by atoms with E-state index in [0.29, 0.717) is 36.7 Å². The Morgan fingerprint density at radius 3 is 2.64 bits per heavy atom. The van der Waals surface area contributed by atoms with Gasteiger partial charge in [0.25, 0.3) is 5.91 Å². The van der Waals surface area contributed by atoms with Crippen molar-refractivity contribution < 1.29 is 22.7 Å². The Balaban J connectivity index is 1.80. The maximum atomic E-state index is 12.5. The van der Waals surface area contributed by atoms with Crippen molar-refractivity contribution in [2.24, 2.45) is 0 Å². The molecule has 0 aliphatic rings. The van der Waals surface area contributed by atoms with E-state index in [9.17, 15) is 18.0 Å². The van der Waals surface area contributed by atoms with Gasteiger partial charge < -0.3 is 15.0 Å². The molecule has 0 radical (unpaired) electrons. The van der Waals surface area contributed by atoms with Crippen LogP contribution in [0.5, 0.6) is 5.75 Å². The lowest BCUT2D eigenvalue weighted by molar-refractivity contribution is -0.119. The molecule has 0 spiro atoms. The summed E-state index contributed by atoms with van der Waals surface area (Å²) in [6.45, 7) is 2.73. The third kappa shape index (κ3) is 6.65. The lowest BCUT2D eigenvalue weighted by Crippen LogP contribution is -2.28. The summed E-state index contributed by atoms with van der Waals surface area (Å²) in [7, 11) is -1.55. The fraction of sp³-hybridized carbons (Fsp3) is 0.368. The number of hydrogen-bond acceptors (Lipinski definition) is 6. The molecule has 1 N–H and O–H groups in total. The highest BCUT2D eigenvalue weighted by Gasteiger charge is 2.14. The molecule has 0 saturated heterocycles. The Bertz CT molecular complexity index is 937. The van der Waals surface area contributed by atoms with Gasteiger partial charge in [-0.3, -0.25) is 9.59 Å². The van der Waals surface area contributed by atoms with Crippen LogP contribution in [-0.2, 0) is 21.2 Å². The van der Waals surface area contributed by atoms with Crippen LogP contribution in [0.15, 0.2) is 41.3 Å². The molecule has 2 amide bonds. The van der Waals surface area contributed by atoms with Gasteiger partial charge in [-0.2, -0.15) is 0 Å². The van der Waals surface area contributed by atoms with Crippen molar-refractivity contribution >= 4 is 33.0 Å². The van der Waals surface area contributed by atoms with E-state index >= 15 is 0 Å². The largest absolute Gasteiger partial charge is 0.493 e. The van der Waals surface area contributed by atoms with Crippen molar-refractivity contribution in [1.82, 2.24) is 10.2 Å². The summed E-state index contributed by atoms with van der Waals surface area (Å²) in [4.78, 5) is 26.8. The topological polar surface area (TPSA) is 92.8 Å². The number of nitrogens with zero attached hydrogens (tertiary/aromatic N) is 1. The third-order valence-electron chi connectivity index (χ3n) is 3.87. The fourth-order valence-electron chi connectivity index (χ4n) is 2.38. The normalized spacial score (nSPS) is 11.1. The molecule has 152 valence electrons. The van der Waals surface area contributed by atoms with Crippen LogP contribution in [0, 0.1) is 0 Å². The standard InChI is InChI=1S/C19H24N2O5S2/c1-14(22)20-13-16-8-9-18(27-16)19(23)21(2)10-5-11-26-15-6-4-7-17(12-15)28(3,24)25/h4,6-9,12H,5,10-11,13H2,1-3H3,(H,20,22). The molecule has 0 aliphatic carbocycles. The molecule has 0 fully saturated rings. The minimum absolute atomic E-state index is 0.0850. The lowest BCUT2D eigenvalue weighted by Gasteiger charge is -2.16. The Hall–Kier alpha value is -2.39. The average molecular weight is 425 g/mol. The fourth-order valence-corrected chi connectivity index (χ4v) is 3.97. The number of carbonyl (C=O) groups excluding carboxylic acids is 2. The van der Waals surface area contributed by atoms with Crippen molar-refractivity contribution in [3.8, 4) is 5.75 Å². The summed E-state index contributed by atoms with van der Waals surface area (Å²) in [6, 6.07) is 9.94. The van der Waals surface area contributed by atoms with E-state index in [4.69, 9.17) is 4.74 Å². The monoisotopic (exact) mass is 424 g/mol. The molecule has 0 saturated carbocycles. The highest BCUT2D eigenvalue weighted by atomic mass is 32.2. The average Bonchev–Trinajstić information content (AvgIpc) is 3.11. The van der Waals surface area contributed by atoms with Gasteiger partial charge in [-0.1, -0.05) is 6.07 Å². The minimum Gasteiger partial charge on any atom is -0.493 e. The van der Waals surface area contributed by atoms with E-state index in [1.165, 1.54) is 30.4 Å². The third-order valence-corrected chi connectivity index (χ3v) is 6.05. The van der Waals surface area contributed by atoms with Gasteiger partial charge in [0.15, 0.2) is 9.84 Å². The smallest absolute Gasteiger partial charge is 0.263 e. The maximum Gasteiger partial charge on any atom is 0.263 e. The maximum absolute atomic E-state index is 12.5. The summed E-state index contributed by atoms with van der Waals surface area (Å²) in [5, 5.41) is 2.71. The van der Waals surface area contributed by atoms with E-state index in [-0.39, 0.29) is 16.7 Å². The number of rotatable bonds is 9. The zero-order chi connectivity index (χ0) is 20.7. The molecule has 2 aromatic rings. The molecule has 1 aromatic heterocycles. The molecule has 7 nitrogen and oxygen atoms in total. The van der Waals surface area contributed by atoms with Crippen molar-refractivity contribution in [1.29, 1.82) is 0 Å². The summed E-state index contributed by atoms with van der Waals surface area (Å²) in [6.07, 6.45) is 1.76. The van der Waals surface area contributed by atoms with Gasteiger partial charge in [0, 0.05) is 31.6 Å². The van der Waals surface area contributed by atoms with E-state index in [1.54, 1.807) is 30.1 Å². The molecule has 9 heteroatoms. The molecule has 1 heterocycles.